The smallest absolute Gasteiger partial charge is 0.425 e. The number of halogens is 4. The third kappa shape index (κ3) is 4.98. The van der Waals surface area contributed by atoms with Gasteiger partial charge in [0.15, 0.2) is 17.7 Å². The summed E-state index contributed by atoms with van der Waals surface area (Å²) in [5, 5.41) is 16.7. The second-order valence-corrected chi connectivity index (χ2v) is 8.68. The average molecular weight is 524 g/mol. The number of amidine groups is 1. The van der Waals surface area contributed by atoms with E-state index in [0.29, 0.717) is 47.1 Å². The molecule has 0 spiro atoms. The van der Waals surface area contributed by atoms with Crippen LogP contribution >= 0.6 is 11.6 Å². The first-order chi connectivity index (χ1) is 17.0. The van der Waals surface area contributed by atoms with Crippen LogP contribution in [0, 0.1) is 13.8 Å². The van der Waals surface area contributed by atoms with Gasteiger partial charge < -0.3 is 19.5 Å². The summed E-state index contributed by atoms with van der Waals surface area (Å²) >= 11 is 6.41. The molecule has 0 amide bonds. The topological polar surface area (TPSA) is 83.3 Å². The Kier molecular flexibility index (Phi) is 7.14. The monoisotopic (exact) mass is 523 g/mol. The van der Waals surface area contributed by atoms with Crippen LogP contribution in [-0.4, -0.2) is 57.9 Å². The minimum Gasteiger partial charge on any atom is -0.480 e. The summed E-state index contributed by atoms with van der Waals surface area (Å²) in [4.78, 5) is 10.3. The molecule has 36 heavy (non-hydrogen) atoms. The number of aliphatic hydroxyl groups is 1. The van der Waals surface area contributed by atoms with Gasteiger partial charge in [-0.15, -0.1) is 0 Å². The van der Waals surface area contributed by atoms with E-state index in [1.165, 1.54) is 12.3 Å². The molecule has 0 radical (unpaired) electrons. The van der Waals surface area contributed by atoms with Crippen LogP contribution in [0.3, 0.4) is 0 Å². The van der Waals surface area contributed by atoms with Gasteiger partial charge in [0.2, 0.25) is 5.88 Å². The van der Waals surface area contributed by atoms with E-state index in [-0.39, 0.29) is 28.6 Å². The van der Waals surface area contributed by atoms with Crippen LogP contribution in [0.1, 0.15) is 25.1 Å². The number of hydrogen-bond donors (Lipinski definition) is 1. The highest BCUT2D eigenvalue weighted by Gasteiger charge is 2.38. The molecule has 1 atom stereocenters. The minimum atomic E-state index is -4.59. The van der Waals surface area contributed by atoms with Gasteiger partial charge in [-0.05, 0) is 45.2 Å². The van der Waals surface area contributed by atoms with Gasteiger partial charge >= 0.3 is 6.18 Å². The maximum absolute atomic E-state index is 13.5. The quantitative estimate of drug-likeness (QED) is 0.442. The van der Waals surface area contributed by atoms with Crippen molar-refractivity contribution in [2.45, 2.75) is 40.0 Å². The molecule has 1 aliphatic rings. The summed E-state index contributed by atoms with van der Waals surface area (Å²) in [6.45, 7) is 6.98. The van der Waals surface area contributed by atoms with Crippen LogP contribution in [0.5, 0.6) is 17.4 Å². The molecule has 8 nitrogen and oxygen atoms in total. The van der Waals surface area contributed by atoms with E-state index >= 15 is 0 Å². The maximum atomic E-state index is 13.5. The van der Waals surface area contributed by atoms with Crippen LogP contribution in [0.2, 0.25) is 5.02 Å². The van der Waals surface area contributed by atoms with Crippen LogP contribution in [0.4, 0.5) is 18.9 Å². The highest BCUT2D eigenvalue weighted by molar-refractivity contribution is 6.32. The molecule has 0 aliphatic carbocycles. The normalized spacial score (nSPS) is 14.9. The molecule has 1 unspecified atom stereocenters. The number of ether oxygens (including phenoxy) is 2. The van der Waals surface area contributed by atoms with E-state index in [0.717, 1.165) is 6.92 Å². The number of pyridine rings is 2. The fraction of sp³-hybridized carbons (Fsp3) is 0.375. The predicted molar refractivity (Wildman–Crippen MR) is 131 cm³/mol. The van der Waals surface area contributed by atoms with Gasteiger partial charge in [-0.1, -0.05) is 11.6 Å². The maximum Gasteiger partial charge on any atom is 0.425 e. The fourth-order valence-corrected chi connectivity index (χ4v) is 3.94. The van der Waals surface area contributed by atoms with E-state index in [1.807, 2.05) is 11.8 Å². The Hall–Kier alpha value is -3.31. The number of likely N-dealkylation sites (N-methyl/N-ethyl adjacent to an activating group) is 1. The van der Waals surface area contributed by atoms with Crippen molar-refractivity contribution >= 4 is 33.9 Å². The molecule has 0 saturated carbocycles. The lowest BCUT2D eigenvalue weighted by atomic mass is 10.1. The molecule has 0 fully saturated rings. The number of fused-ring (bicyclic) bond motifs is 1. The summed E-state index contributed by atoms with van der Waals surface area (Å²) in [5.41, 5.74) is 1.66. The number of rotatable bonds is 7. The number of alkyl halides is 3. The van der Waals surface area contributed by atoms with Gasteiger partial charge in [-0.3, -0.25) is 4.98 Å². The molecular formula is C24H25ClF3N5O3. The van der Waals surface area contributed by atoms with E-state index in [4.69, 9.17) is 21.1 Å². The van der Waals surface area contributed by atoms with Crippen molar-refractivity contribution in [2.24, 2.45) is 5.10 Å². The third-order valence-electron chi connectivity index (χ3n) is 5.79. The van der Waals surface area contributed by atoms with Crippen LogP contribution in [0.15, 0.2) is 35.7 Å². The second kappa shape index (κ2) is 9.98. The number of hydrogen-bond acceptors (Lipinski definition) is 8. The number of aromatic nitrogens is 2. The molecule has 1 N–H and O–H groups in total. The number of hydrazone groups is 1. The lowest BCUT2D eigenvalue weighted by molar-refractivity contribution is -0.189. The van der Waals surface area contributed by atoms with Gasteiger partial charge in [-0.2, -0.15) is 18.3 Å². The Balaban J connectivity index is 1.86. The van der Waals surface area contributed by atoms with Crippen molar-refractivity contribution in [1.82, 2.24) is 14.9 Å². The van der Waals surface area contributed by atoms with Gasteiger partial charge in [0.1, 0.15) is 24.0 Å². The van der Waals surface area contributed by atoms with Gasteiger partial charge in [0.05, 0.1) is 16.8 Å². The summed E-state index contributed by atoms with van der Waals surface area (Å²) < 4.78 is 51.9. The number of aryl methyl sites for hydroxylation is 2. The zero-order valence-corrected chi connectivity index (χ0v) is 20.9. The number of benzene rings is 1. The number of anilines is 1. The summed E-state index contributed by atoms with van der Waals surface area (Å²) in [5.74, 6) is 0.722. The highest BCUT2D eigenvalue weighted by atomic mass is 35.5. The average Bonchev–Trinajstić information content (AvgIpc) is 3.27. The van der Waals surface area contributed by atoms with Crippen molar-refractivity contribution in [1.29, 1.82) is 0 Å². The lowest BCUT2D eigenvalue weighted by Crippen LogP contribution is -2.32. The first-order valence-corrected chi connectivity index (χ1v) is 11.6. The van der Waals surface area contributed by atoms with Gasteiger partial charge in [0.25, 0.3) is 0 Å². The molecule has 0 bridgehead atoms. The fourth-order valence-electron chi connectivity index (χ4n) is 3.71. The zero-order valence-electron chi connectivity index (χ0n) is 20.1. The molecule has 12 heteroatoms. The molecular weight excluding hydrogens is 499 g/mol. The van der Waals surface area contributed by atoms with Gasteiger partial charge in [0, 0.05) is 30.6 Å². The Morgan fingerprint density at radius 2 is 1.97 bits per heavy atom. The van der Waals surface area contributed by atoms with Crippen LogP contribution in [-0.2, 0) is 0 Å². The van der Waals surface area contributed by atoms with Crippen molar-refractivity contribution in [2.75, 3.05) is 24.8 Å². The van der Waals surface area contributed by atoms with Crippen LogP contribution in [0.25, 0.3) is 10.8 Å². The molecule has 2 aromatic heterocycles. The van der Waals surface area contributed by atoms with Crippen molar-refractivity contribution in [3.05, 3.63) is 46.9 Å². The van der Waals surface area contributed by atoms with E-state index in [9.17, 15) is 18.3 Å². The van der Waals surface area contributed by atoms with Crippen LogP contribution < -0.4 is 14.5 Å². The van der Waals surface area contributed by atoms with Crippen molar-refractivity contribution in [3.8, 4) is 17.4 Å². The molecule has 4 rings (SSSR count). The standard InChI is InChI=1S/C24H25ClF3N5O3/c1-5-32-12-33(31-19(32)11-34)17-8-16-6-7-29-23(36-22-13(2)10-30-14(3)21(22)25)20(16)18(9-17)35-15(4)24(26,27)28/h6-10,15,34H,5,11-12H2,1-4H3. The molecule has 0 saturated heterocycles. The molecule has 3 aromatic rings. The third-order valence-corrected chi connectivity index (χ3v) is 6.24. The Bertz CT molecular complexity index is 1320. The second-order valence-electron chi connectivity index (χ2n) is 8.30. The lowest BCUT2D eigenvalue weighted by Gasteiger charge is -2.23. The summed E-state index contributed by atoms with van der Waals surface area (Å²) in [6, 6.07) is 4.86. The zero-order chi connectivity index (χ0) is 26.2. The minimum absolute atomic E-state index is 0.0372. The Morgan fingerprint density at radius 1 is 1.22 bits per heavy atom. The molecule has 3 heterocycles. The van der Waals surface area contributed by atoms with E-state index < -0.39 is 12.3 Å². The molecule has 1 aliphatic heterocycles. The first kappa shape index (κ1) is 25.8. The van der Waals surface area contributed by atoms with Crippen molar-refractivity contribution in [3.63, 3.8) is 0 Å². The Labute approximate surface area is 210 Å². The molecule has 192 valence electrons. The largest absolute Gasteiger partial charge is 0.480 e. The first-order valence-electron chi connectivity index (χ1n) is 11.2. The SMILES string of the molecule is CCN1CN(c2cc(OC(C)C(F)(F)F)c3c(Oc4c(C)cnc(C)c4Cl)nccc3c2)N=C1CO. The van der Waals surface area contributed by atoms with Crippen molar-refractivity contribution < 1.29 is 27.8 Å². The highest BCUT2D eigenvalue weighted by Crippen LogP contribution is 2.42. The predicted octanol–water partition coefficient (Wildman–Crippen LogP) is 5.43. The number of aliphatic hydroxyl groups excluding tert-OH is 1. The van der Waals surface area contributed by atoms with E-state index in [2.05, 4.69) is 15.1 Å². The van der Waals surface area contributed by atoms with E-state index in [1.54, 1.807) is 37.2 Å². The van der Waals surface area contributed by atoms with Gasteiger partial charge in [-0.25, -0.2) is 9.99 Å². The summed E-state index contributed by atoms with van der Waals surface area (Å²) in [6.07, 6.45) is -3.62. The number of nitrogens with zero attached hydrogens (tertiary/aromatic N) is 5. The Morgan fingerprint density at radius 3 is 2.61 bits per heavy atom. The molecule has 1 aromatic carbocycles. The summed E-state index contributed by atoms with van der Waals surface area (Å²) in [7, 11) is 0.